The standard InChI is InChI=1S/C16H21NO/c1-12-4-2-3-5-13(12)6-11-16(18)17-14-7-8-15(17)10-9-14/h2-5,14-15H,6-11H2,1H3. The van der Waals surface area contributed by atoms with Crippen molar-refractivity contribution >= 4 is 5.91 Å². The summed E-state index contributed by atoms with van der Waals surface area (Å²) < 4.78 is 0. The van der Waals surface area contributed by atoms with Crippen LogP contribution in [0, 0.1) is 6.92 Å². The first-order valence-corrected chi connectivity index (χ1v) is 7.11. The molecule has 2 heteroatoms. The molecule has 2 nitrogen and oxygen atoms in total. The zero-order chi connectivity index (χ0) is 12.5. The maximum atomic E-state index is 12.3. The average molecular weight is 243 g/mol. The highest BCUT2D eigenvalue weighted by Crippen LogP contribution is 2.37. The van der Waals surface area contributed by atoms with Crippen molar-refractivity contribution in [2.24, 2.45) is 0 Å². The third-order valence-corrected chi connectivity index (χ3v) is 4.61. The van der Waals surface area contributed by atoms with Gasteiger partial charge in [0.1, 0.15) is 0 Å². The van der Waals surface area contributed by atoms with Gasteiger partial charge in [0.05, 0.1) is 0 Å². The van der Waals surface area contributed by atoms with E-state index in [0.717, 1.165) is 6.42 Å². The Labute approximate surface area is 109 Å². The summed E-state index contributed by atoms with van der Waals surface area (Å²) in [6, 6.07) is 9.52. The Kier molecular flexibility index (Phi) is 3.11. The molecule has 18 heavy (non-hydrogen) atoms. The number of hydrogen-bond acceptors (Lipinski definition) is 1. The van der Waals surface area contributed by atoms with Crippen LogP contribution in [-0.4, -0.2) is 22.9 Å². The predicted molar refractivity (Wildman–Crippen MR) is 72.4 cm³/mol. The van der Waals surface area contributed by atoms with Crippen LogP contribution >= 0.6 is 0 Å². The molecule has 1 aromatic rings. The second kappa shape index (κ2) is 4.75. The molecule has 2 saturated heterocycles. The molecule has 2 aliphatic rings. The van der Waals surface area contributed by atoms with E-state index in [0.29, 0.717) is 24.4 Å². The van der Waals surface area contributed by atoms with Crippen LogP contribution in [0.3, 0.4) is 0 Å². The van der Waals surface area contributed by atoms with Gasteiger partial charge < -0.3 is 4.90 Å². The summed E-state index contributed by atoms with van der Waals surface area (Å²) >= 11 is 0. The molecule has 96 valence electrons. The van der Waals surface area contributed by atoms with Crippen LogP contribution in [0.4, 0.5) is 0 Å². The van der Waals surface area contributed by atoms with Gasteiger partial charge in [-0.05, 0) is 50.2 Å². The van der Waals surface area contributed by atoms with Gasteiger partial charge in [0.2, 0.25) is 5.91 Å². The van der Waals surface area contributed by atoms with Gasteiger partial charge in [-0.2, -0.15) is 0 Å². The van der Waals surface area contributed by atoms with E-state index in [9.17, 15) is 4.79 Å². The lowest BCUT2D eigenvalue weighted by atomic mass is 10.0. The number of rotatable bonds is 3. The smallest absolute Gasteiger partial charge is 0.223 e. The van der Waals surface area contributed by atoms with Crippen LogP contribution < -0.4 is 0 Å². The molecule has 0 unspecified atom stereocenters. The van der Waals surface area contributed by atoms with E-state index < -0.39 is 0 Å². The minimum absolute atomic E-state index is 0.378. The van der Waals surface area contributed by atoms with Crippen molar-refractivity contribution < 1.29 is 4.79 Å². The van der Waals surface area contributed by atoms with Crippen molar-refractivity contribution in [3.05, 3.63) is 35.4 Å². The highest BCUT2D eigenvalue weighted by molar-refractivity contribution is 5.78. The van der Waals surface area contributed by atoms with Crippen LogP contribution in [-0.2, 0) is 11.2 Å². The van der Waals surface area contributed by atoms with Crippen LogP contribution in [0.2, 0.25) is 0 Å². The second-order valence-corrected chi connectivity index (χ2v) is 5.69. The van der Waals surface area contributed by atoms with Gasteiger partial charge in [0.25, 0.3) is 0 Å². The highest BCUT2D eigenvalue weighted by atomic mass is 16.2. The van der Waals surface area contributed by atoms with Gasteiger partial charge in [-0.15, -0.1) is 0 Å². The van der Waals surface area contributed by atoms with E-state index >= 15 is 0 Å². The SMILES string of the molecule is Cc1ccccc1CCC(=O)N1C2CCC1CC2. The molecule has 0 atom stereocenters. The lowest BCUT2D eigenvalue weighted by Gasteiger charge is -2.22. The zero-order valence-electron chi connectivity index (χ0n) is 11.1. The van der Waals surface area contributed by atoms with Gasteiger partial charge in [0.15, 0.2) is 0 Å². The van der Waals surface area contributed by atoms with E-state index in [4.69, 9.17) is 0 Å². The summed E-state index contributed by atoms with van der Waals surface area (Å²) in [5.74, 6) is 0.378. The first kappa shape index (κ1) is 11.8. The molecule has 2 bridgehead atoms. The first-order chi connectivity index (χ1) is 8.75. The van der Waals surface area contributed by atoms with Crippen molar-refractivity contribution in [2.45, 2.75) is 57.5 Å². The normalized spacial score (nSPS) is 25.7. The Morgan fingerprint density at radius 3 is 2.39 bits per heavy atom. The molecule has 1 amide bonds. The van der Waals surface area contributed by atoms with Crippen molar-refractivity contribution in [2.75, 3.05) is 0 Å². The van der Waals surface area contributed by atoms with Gasteiger partial charge >= 0.3 is 0 Å². The van der Waals surface area contributed by atoms with E-state index in [1.54, 1.807) is 0 Å². The summed E-state index contributed by atoms with van der Waals surface area (Å²) in [5.41, 5.74) is 2.62. The number of carbonyl (C=O) groups excluding carboxylic acids is 1. The van der Waals surface area contributed by atoms with E-state index in [1.807, 2.05) is 0 Å². The lowest BCUT2D eigenvalue weighted by Crippen LogP contribution is -2.35. The summed E-state index contributed by atoms with van der Waals surface area (Å²) in [6.45, 7) is 2.12. The minimum Gasteiger partial charge on any atom is -0.337 e. The third kappa shape index (κ3) is 2.05. The summed E-state index contributed by atoms with van der Waals surface area (Å²) in [4.78, 5) is 14.5. The fraction of sp³-hybridized carbons (Fsp3) is 0.562. The maximum absolute atomic E-state index is 12.3. The Morgan fingerprint density at radius 1 is 1.17 bits per heavy atom. The largest absolute Gasteiger partial charge is 0.337 e. The summed E-state index contributed by atoms with van der Waals surface area (Å²) in [6.07, 6.45) is 6.52. The molecule has 0 aromatic heterocycles. The monoisotopic (exact) mass is 243 g/mol. The molecule has 2 heterocycles. The van der Waals surface area contributed by atoms with Gasteiger partial charge in [-0.25, -0.2) is 0 Å². The first-order valence-electron chi connectivity index (χ1n) is 7.11. The quantitative estimate of drug-likeness (QED) is 0.799. The highest BCUT2D eigenvalue weighted by Gasteiger charge is 2.41. The number of carbonyl (C=O) groups is 1. The van der Waals surface area contributed by atoms with Crippen molar-refractivity contribution in [3.63, 3.8) is 0 Å². The number of fused-ring (bicyclic) bond motifs is 2. The molecule has 0 radical (unpaired) electrons. The Balaban J connectivity index is 1.61. The number of aryl methyl sites for hydroxylation is 2. The fourth-order valence-electron chi connectivity index (χ4n) is 3.58. The zero-order valence-corrected chi connectivity index (χ0v) is 11.1. The minimum atomic E-state index is 0.378. The van der Waals surface area contributed by atoms with Crippen LogP contribution in [0.1, 0.15) is 43.2 Å². The average Bonchev–Trinajstić information content (AvgIpc) is 2.97. The Bertz CT molecular complexity index is 434. The molecule has 3 rings (SSSR count). The van der Waals surface area contributed by atoms with Gasteiger partial charge in [-0.1, -0.05) is 24.3 Å². The summed E-state index contributed by atoms with van der Waals surface area (Å²) in [7, 11) is 0. The molecule has 0 spiro atoms. The molecule has 0 aliphatic carbocycles. The second-order valence-electron chi connectivity index (χ2n) is 5.69. The summed E-state index contributed by atoms with van der Waals surface area (Å²) in [5, 5.41) is 0. The fourth-order valence-corrected chi connectivity index (χ4v) is 3.58. The van der Waals surface area contributed by atoms with Crippen molar-refractivity contribution in [1.29, 1.82) is 0 Å². The molecule has 2 fully saturated rings. The van der Waals surface area contributed by atoms with Crippen molar-refractivity contribution in [1.82, 2.24) is 4.90 Å². The molecular weight excluding hydrogens is 222 g/mol. The van der Waals surface area contributed by atoms with Crippen LogP contribution in [0.5, 0.6) is 0 Å². The molecule has 1 aromatic carbocycles. The van der Waals surface area contributed by atoms with Crippen LogP contribution in [0.15, 0.2) is 24.3 Å². The van der Waals surface area contributed by atoms with Gasteiger partial charge in [-0.3, -0.25) is 4.79 Å². The molecule has 0 N–H and O–H groups in total. The number of nitrogens with zero attached hydrogens (tertiary/aromatic N) is 1. The maximum Gasteiger partial charge on any atom is 0.223 e. The Morgan fingerprint density at radius 2 is 1.78 bits per heavy atom. The van der Waals surface area contributed by atoms with E-state index in [1.165, 1.54) is 36.8 Å². The molecular formula is C16H21NO. The molecule has 0 saturated carbocycles. The lowest BCUT2D eigenvalue weighted by molar-refractivity contribution is -0.132. The topological polar surface area (TPSA) is 20.3 Å². The Hall–Kier alpha value is -1.31. The number of hydrogen-bond donors (Lipinski definition) is 0. The number of amides is 1. The predicted octanol–water partition coefficient (Wildman–Crippen LogP) is 3.08. The number of benzene rings is 1. The third-order valence-electron chi connectivity index (χ3n) is 4.61. The van der Waals surface area contributed by atoms with Gasteiger partial charge in [0, 0.05) is 18.5 Å². The van der Waals surface area contributed by atoms with E-state index in [2.05, 4.69) is 36.1 Å². The molecule has 2 aliphatic heterocycles. The van der Waals surface area contributed by atoms with E-state index in [-0.39, 0.29) is 0 Å². The van der Waals surface area contributed by atoms with Crippen molar-refractivity contribution in [3.8, 4) is 0 Å². The van der Waals surface area contributed by atoms with Crippen LogP contribution in [0.25, 0.3) is 0 Å².